The molecule has 1 N–H and O–H groups in total. The third-order valence-electron chi connectivity index (χ3n) is 5.02. The monoisotopic (exact) mass is 412 g/mol. The molecule has 1 heterocycles. The Morgan fingerprint density at radius 3 is 2.24 bits per heavy atom. The highest BCUT2D eigenvalue weighted by Gasteiger charge is 2.41. The van der Waals surface area contributed by atoms with Gasteiger partial charge in [-0.3, -0.25) is 9.59 Å². The number of rotatable bonds is 8. The number of hydrogen-bond acceptors (Lipinski definition) is 4. The summed E-state index contributed by atoms with van der Waals surface area (Å²) in [5.41, 5.74) is 2.94. The minimum absolute atomic E-state index is 0.124. The van der Waals surface area contributed by atoms with Crippen LogP contribution in [0.25, 0.3) is 5.57 Å². The number of unbranched alkanes of at least 4 members (excludes halogenated alkanes) is 1. The van der Waals surface area contributed by atoms with Crippen molar-refractivity contribution in [1.82, 2.24) is 4.90 Å². The molecule has 2 amide bonds. The predicted molar refractivity (Wildman–Crippen MR) is 116 cm³/mol. The number of aryl methyl sites for hydroxylation is 1. The highest BCUT2D eigenvalue weighted by molar-refractivity contribution is 6.45. The van der Waals surface area contributed by atoms with Crippen molar-refractivity contribution >= 4 is 34.7 Å². The first-order chi connectivity index (χ1) is 14.0. The van der Waals surface area contributed by atoms with E-state index in [1.54, 1.807) is 36.2 Å². The Hall–Kier alpha value is -2.63. The van der Waals surface area contributed by atoms with E-state index in [0.29, 0.717) is 21.8 Å². The summed E-state index contributed by atoms with van der Waals surface area (Å²) in [7, 11) is 1.70. The average Bonchev–Trinajstić information content (AvgIpc) is 2.98. The first-order valence-electron chi connectivity index (χ1n) is 9.77. The Balaban J connectivity index is 1.99. The molecule has 0 radical (unpaired) electrons. The number of hydrogen-bond donors (Lipinski definition) is 1. The molecule has 5 nitrogen and oxygen atoms in total. The zero-order chi connectivity index (χ0) is 21.0. The van der Waals surface area contributed by atoms with E-state index in [1.807, 2.05) is 24.3 Å². The van der Waals surface area contributed by atoms with Crippen LogP contribution < -0.4 is 4.90 Å². The van der Waals surface area contributed by atoms with Crippen LogP contribution >= 0.6 is 11.6 Å². The summed E-state index contributed by atoms with van der Waals surface area (Å²) in [4.78, 5) is 29.4. The molecule has 0 saturated carbocycles. The van der Waals surface area contributed by atoms with Crippen LogP contribution in [0.5, 0.6) is 0 Å². The number of imide groups is 1. The molecule has 152 valence electrons. The number of likely N-dealkylation sites (N-methyl/N-ethyl adjacent to an activating group) is 1. The molecule has 0 spiro atoms. The fourth-order valence-electron chi connectivity index (χ4n) is 3.44. The Bertz CT molecular complexity index is 920. The SMILES string of the molecule is CCCCc1ccc(N2C(=O)C(c3ccc(Cl)cc3)=C(N(C)CCO)C2=O)cc1. The van der Waals surface area contributed by atoms with E-state index < -0.39 is 5.91 Å². The molecule has 0 aromatic heterocycles. The zero-order valence-electron chi connectivity index (χ0n) is 16.7. The van der Waals surface area contributed by atoms with Gasteiger partial charge in [-0.15, -0.1) is 0 Å². The standard InChI is InChI=1S/C23H25ClN2O3/c1-3-4-5-16-6-12-19(13-7-16)26-22(28)20(17-8-10-18(24)11-9-17)21(23(26)29)25(2)14-15-27/h6-13,27H,3-5,14-15H2,1-2H3. The van der Waals surface area contributed by atoms with Crippen molar-refractivity contribution in [3.05, 3.63) is 70.4 Å². The molecule has 0 atom stereocenters. The van der Waals surface area contributed by atoms with E-state index in [4.69, 9.17) is 11.6 Å². The van der Waals surface area contributed by atoms with Crippen LogP contribution in [0.2, 0.25) is 5.02 Å². The minimum atomic E-state index is -0.391. The lowest BCUT2D eigenvalue weighted by Gasteiger charge is -2.20. The number of carbonyl (C=O) groups excluding carboxylic acids is 2. The van der Waals surface area contributed by atoms with Crippen molar-refractivity contribution in [2.24, 2.45) is 0 Å². The molecular weight excluding hydrogens is 388 g/mol. The van der Waals surface area contributed by atoms with Crippen molar-refractivity contribution in [2.75, 3.05) is 25.1 Å². The van der Waals surface area contributed by atoms with Gasteiger partial charge in [0.2, 0.25) is 0 Å². The maximum atomic E-state index is 13.3. The summed E-state index contributed by atoms with van der Waals surface area (Å²) in [5, 5.41) is 9.89. The Morgan fingerprint density at radius 2 is 1.66 bits per heavy atom. The molecule has 2 aromatic carbocycles. The number of nitrogens with zero attached hydrogens (tertiary/aromatic N) is 2. The fraction of sp³-hybridized carbons (Fsp3) is 0.304. The number of halogens is 1. The van der Waals surface area contributed by atoms with Gasteiger partial charge in [0.05, 0.1) is 17.9 Å². The summed E-state index contributed by atoms with van der Waals surface area (Å²) >= 11 is 5.99. The second kappa shape index (κ2) is 9.25. The van der Waals surface area contributed by atoms with Crippen molar-refractivity contribution in [1.29, 1.82) is 0 Å². The van der Waals surface area contributed by atoms with Gasteiger partial charge in [-0.1, -0.05) is 49.2 Å². The van der Waals surface area contributed by atoms with E-state index >= 15 is 0 Å². The van der Waals surface area contributed by atoms with Gasteiger partial charge in [0.15, 0.2) is 0 Å². The topological polar surface area (TPSA) is 60.9 Å². The van der Waals surface area contributed by atoms with Gasteiger partial charge >= 0.3 is 0 Å². The second-order valence-electron chi connectivity index (χ2n) is 7.09. The molecule has 0 aliphatic carbocycles. The number of aliphatic hydroxyl groups is 1. The highest BCUT2D eigenvalue weighted by atomic mass is 35.5. The van der Waals surface area contributed by atoms with Crippen LogP contribution in [0.3, 0.4) is 0 Å². The van der Waals surface area contributed by atoms with Crippen LogP contribution in [0, 0.1) is 0 Å². The fourth-order valence-corrected chi connectivity index (χ4v) is 3.56. The van der Waals surface area contributed by atoms with E-state index in [9.17, 15) is 14.7 Å². The van der Waals surface area contributed by atoms with Gasteiger partial charge in [0.25, 0.3) is 11.8 Å². The summed E-state index contributed by atoms with van der Waals surface area (Å²) in [6, 6.07) is 14.4. The van der Waals surface area contributed by atoms with Crippen LogP contribution in [0.4, 0.5) is 5.69 Å². The predicted octanol–water partition coefficient (Wildman–Crippen LogP) is 3.89. The number of anilines is 1. The molecule has 1 aliphatic heterocycles. The van der Waals surface area contributed by atoms with Gasteiger partial charge in [-0.05, 0) is 48.2 Å². The molecule has 0 saturated heterocycles. The number of aliphatic hydroxyl groups excluding tert-OH is 1. The van der Waals surface area contributed by atoms with Gasteiger partial charge in [0.1, 0.15) is 5.70 Å². The largest absolute Gasteiger partial charge is 0.395 e. The second-order valence-corrected chi connectivity index (χ2v) is 7.53. The highest BCUT2D eigenvalue weighted by Crippen LogP contribution is 2.34. The Morgan fingerprint density at radius 1 is 1.00 bits per heavy atom. The lowest BCUT2D eigenvalue weighted by Crippen LogP contribution is -2.34. The van der Waals surface area contributed by atoms with E-state index in [-0.39, 0.29) is 24.8 Å². The maximum absolute atomic E-state index is 13.3. The smallest absolute Gasteiger partial charge is 0.282 e. The van der Waals surface area contributed by atoms with Crippen LogP contribution in [-0.4, -0.2) is 42.0 Å². The van der Waals surface area contributed by atoms with Crippen molar-refractivity contribution in [3.8, 4) is 0 Å². The lowest BCUT2D eigenvalue weighted by molar-refractivity contribution is -0.120. The van der Waals surface area contributed by atoms with E-state index in [2.05, 4.69) is 6.92 Å². The molecule has 0 unspecified atom stereocenters. The summed E-state index contributed by atoms with van der Waals surface area (Å²) < 4.78 is 0. The third kappa shape index (κ3) is 4.36. The van der Waals surface area contributed by atoms with Crippen LogP contribution in [-0.2, 0) is 16.0 Å². The first-order valence-corrected chi connectivity index (χ1v) is 10.2. The van der Waals surface area contributed by atoms with Gasteiger partial charge < -0.3 is 10.0 Å². The zero-order valence-corrected chi connectivity index (χ0v) is 17.4. The van der Waals surface area contributed by atoms with Gasteiger partial charge in [-0.25, -0.2) is 4.90 Å². The van der Waals surface area contributed by atoms with Crippen molar-refractivity contribution in [3.63, 3.8) is 0 Å². The molecule has 1 aliphatic rings. The minimum Gasteiger partial charge on any atom is -0.395 e. The number of carbonyl (C=O) groups is 2. The Labute approximate surface area is 176 Å². The van der Waals surface area contributed by atoms with E-state index in [0.717, 1.165) is 19.3 Å². The molecule has 6 heteroatoms. The van der Waals surface area contributed by atoms with E-state index in [1.165, 1.54) is 10.5 Å². The quantitative estimate of drug-likeness (QED) is 0.668. The molecule has 0 bridgehead atoms. The summed E-state index contributed by atoms with van der Waals surface area (Å²) in [6.07, 6.45) is 3.18. The molecular formula is C23H25ClN2O3. The average molecular weight is 413 g/mol. The maximum Gasteiger partial charge on any atom is 0.282 e. The summed E-state index contributed by atoms with van der Waals surface area (Å²) in [5.74, 6) is -0.768. The lowest BCUT2D eigenvalue weighted by atomic mass is 10.0. The van der Waals surface area contributed by atoms with Gasteiger partial charge in [0, 0.05) is 18.6 Å². The third-order valence-corrected chi connectivity index (χ3v) is 5.27. The Kier molecular flexibility index (Phi) is 6.72. The van der Waals surface area contributed by atoms with Crippen LogP contribution in [0.15, 0.2) is 54.2 Å². The van der Waals surface area contributed by atoms with Crippen molar-refractivity contribution < 1.29 is 14.7 Å². The molecule has 29 heavy (non-hydrogen) atoms. The number of amides is 2. The first kappa shape index (κ1) is 21.1. The van der Waals surface area contributed by atoms with Gasteiger partial charge in [-0.2, -0.15) is 0 Å². The molecule has 2 aromatic rings. The normalized spacial score (nSPS) is 14.1. The van der Waals surface area contributed by atoms with Crippen LogP contribution in [0.1, 0.15) is 30.9 Å². The summed E-state index contributed by atoms with van der Waals surface area (Å²) in [6.45, 7) is 2.26. The molecule has 0 fully saturated rings. The molecule has 3 rings (SSSR count). The van der Waals surface area contributed by atoms with Crippen molar-refractivity contribution in [2.45, 2.75) is 26.2 Å². The number of benzene rings is 2.